The van der Waals surface area contributed by atoms with Crippen LogP contribution >= 0.6 is 0 Å². The second-order valence-corrected chi connectivity index (χ2v) is 0. The Kier molecular flexibility index (Phi) is 91.7. The molecule has 0 saturated carbocycles. The molecule has 0 aromatic carbocycles. The van der Waals surface area contributed by atoms with Gasteiger partial charge in [0.15, 0.2) is 17.4 Å². The molecular formula is H6AlCuFeSi. The normalized spacial score (nSPS) is 2.25. The molecule has 0 bridgehead atoms. The summed E-state index contributed by atoms with van der Waals surface area (Å²) in [5, 5.41) is 0. The molecule has 0 unspecified atom stereocenters. The summed E-state index contributed by atoms with van der Waals surface area (Å²) in [4.78, 5) is 0. The van der Waals surface area contributed by atoms with Crippen LogP contribution < -0.4 is 0 Å². The third-order valence-corrected chi connectivity index (χ3v) is 0. The summed E-state index contributed by atoms with van der Waals surface area (Å²) in [6, 6.07) is 0. The van der Waals surface area contributed by atoms with Crippen LogP contribution in [0.5, 0.6) is 0 Å². The van der Waals surface area contributed by atoms with Crippen LogP contribution in [0.4, 0.5) is 0 Å². The molecule has 0 aliphatic heterocycles. The van der Waals surface area contributed by atoms with Crippen LogP contribution in [0.3, 0.4) is 0 Å². The molecule has 0 N–H and O–H groups in total. The average molecular weight is 181 g/mol. The van der Waals surface area contributed by atoms with Gasteiger partial charge in [-0.1, -0.05) is 0 Å². The van der Waals surface area contributed by atoms with Crippen molar-refractivity contribution in [3.63, 3.8) is 0 Å². The molecule has 0 aromatic heterocycles. The van der Waals surface area contributed by atoms with Gasteiger partial charge in [0.05, 0.1) is 0 Å². The fourth-order valence-electron chi connectivity index (χ4n) is 0. The minimum atomic E-state index is 0. The van der Waals surface area contributed by atoms with E-state index >= 15 is 0 Å². The monoisotopic (exact) mass is 180 g/mol. The van der Waals surface area contributed by atoms with Gasteiger partial charge in [-0.3, -0.25) is 0 Å². The third kappa shape index (κ3) is 9.21. The van der Waals surface area contributed by atoms with Gasteiger partial charge in [0, 0.05) is 17.1 Å². The first kappa shape index (κ1) is 17.1. The number of hydrogen-bond donors (Lipinski definition) is 0. The summed E-state index contributed by atoms with van der Waals surface area (Å²) in [7, 11) is 1.06. The molecule has 0 aromatic rings. The summed E-state index contributed by atoms with van der Waals surface area (Å²) in [6.07, 6.45) is 0. The average Bonchev–Trinajstić information content (AvgIpc) is 1.00. The molecule has 0 aliphatic rings. The molecule has 0 aliphatic carbocycles. The van der Waals surface area contributed by atoms with Crippen molar-refractivity contribution in [1.29, 1.82) is 0 Å². The van der Waals surface area contributed by atoms with Gasteiger partial charge in [-0.05, 0) is 0 Å². The van der Waals surface area contributed by atoms with E-state index in [4.69, 9.17) is 0 Å². The SMILES string of the molecule is [AlH3].[Cu].[SiH3][Fe]. The number of hydrogen-bond acceptors (Lipinski definition) is 0. The first-order valence-corrected chi connectivity index (χ1v) is 4.37. The third-order valence-electron chi connectivity index (χ3n) is 0. The van der Waals surface area contributed by atoms with Crippen LogP contribution in [0, 0.1) is 0 Å². The minimum absolute atomic E-state index is 0. The Morgan fingerprint density at radius 3 is 1.25 bits per heavy atom. The van der Waals surface area contributed by atoms with Crippen molar-refractivity contribution in [2.45, 2.75) is 0 Å². The van der Waals surface area contributed by atoms with Gasteiger partial charge in [0.2, 0.25) is 0 Å². The molecule has 0 saturated heterocycles. The fraction of sp³-hybridized carbons (Fsp3) is 0. The van der Waals surface area contributed by atoms with E-state index in [1.807, 2.05) is 0 Å². The molecule has 32 valence electrons. The molecule has 1 radical (unpaired) electrons. The molecular weight excluding hydrogens is 174 g/mol. The van der Waals surface area contributed by atoms with Crippen molar-refractivity contribution < 1.29 is 32.4 Å². The van der Waals surface area contributed by atoms with Crippen LogP contribution in [0.15, 0.2) is 0 Å². The predicted octanol–water partition coefficient (Wildman–Crippen LogP) is -2.37. The van der Waals surface area contributed by atoms with E-state index in [-0.39, 0.29) is 34.4 Å². The Hall–Kier alpha value is 1.79. The van der Waals surface area contributed by atoms with Crippen LogP contribution in [-0.2, 0) is 32.4 Å². The predicted molar refractivity (Wildman–Crippen MR) is 19.9 cm³/mol. The van der Waals surface area contributed by atoms with Crippen LogP contribution in [0.25, 0.3) is 0 Å². The van der Waals surface area contributed by atoms with Gasteiger partial charge >= 0.3 is 24.2 Å². The van der Waals surface area contributed by atoms with E-state index in [2.05, 4.69) is 15.4 Å². The molecule has 0 rings (SSSR count). The van der Waals surface area contributed by atoms with Gasteiger partial charge < -0.3 is 0 Å². The molecule has 0 fully saturated rings. The van der Waals surface area contributed by atoms with Crippen LogP contribution in [0.2, 0.25) is 0 Å². The van der Waals surface area contributed by atoms with Crippen molar-refractivity contribution in [1.82, 2.24) is 0 Å². The first-order chi connectivity index (χ1) is 1.00. The van der Waals surface area contributed by atoms with Gasteiger partial charge in [0.25, 0.3) is 0 Å². The Bertz CT molecular complexity index is 8.00. The van der Waals surface area contributed by atoms with Gasteiger partial charge in [0.1, 0.15) is 0 Å². The molecule has 0 nitrogen and oxygen atoms in total. The topological polar surface area (TPSA) is 0 Å². The zero-order valence-corrected chi connectivity index (χ0v) is 5.70. The second-order valence-electron chi connectivity index (χ2n) is 0. The molecule has 0 heterocycles. The molecule has 4 heavy (non-hydrogen) atoms. The standard InChI is InChI=1S/Al.Cu.Fe.H3Si.3H/h;;;1H3;;;. The first-order valence-electron chi connectivity index (χ1n) is 0.354. The van der Waals surface area contributed by atoms with Gasteiger partial charge in [-0.15, -0.1) is 0 Å². The molecule has 0 amide bonds. The molecule has 4 heteroatoms. The second kappa shape index (κ2) is 21.5. The summed E-state index contributed by atoms with van der Waals surface area (Å²) in [6.45, 7) is 0. The van der Waals surface area contributed by atoms with Crippen molar-refractivity contribution in [3.05, 3.63) is 0 Å². The number of rotatable bonds is 0. The van der Waals surface area contributed by atoms with E-state index < -0.39 is 0 Å². The van der Waals surface area contributed by atoms with E-state index in [1.54, 1.807) is 0 Å². The Labute approximate surface area is 58.4 Å². The van der Waals surface area contributed by atoms with Crippen molar-refractivity contribution in [3.8, 4) is 0 Å². The zero-order valence-electron chi connectivity index (χ0n) is 1.66. The summed E-state index contributed by atoms with van der Waals surface area (Å²) in [5.41, 5.74) is 0. The van der Waals surface area contributed by atoms with Crippen molar-refractivity contribution in [2.75, 3.05) is 0 Å². The van der Waals surface area contributed by atoms with Crippen molar-refractivity contribution in [2.24, 2.45) is 0 Å². The molecule has 0 atom stereocenters. The Morgan fingerprint density at radius 1 is 1.25 bits per heavy atom. The van der Waals surface area contributed by atoms with E-state index in [1.165, 1.54) is 0 Å². The quantitative estimate of drug-likeness (QED) is 0.366. The van der Waals surface area contributed by atoms with E-state index in [9.17, 15) is 0 Å². The summed E-state index contributed by atoms with van der Waals surface area (Å²) < 4.78 is 0. The fourth-order valence-corrected chi connectivity index (χ4v) is 0. The van der Waals surface area contributed by atoms with E-state index in [0.29, 0.717) is 0 Å². The maximum atomic E-state index is 3.39. The van der Waals surface area contributed by atoms with Crippen LogP contribution in [-0.4, -0.2) is 26.2 Å². The maximum absolute atomic E-state index is 3.39. The Morgan fingerprint density at radius 2 is 1.25 bits per heavy atom. The zero-order chi connectivity index (χ0) is 2.00. The Balaban J connectivity index is -0.00000000500. The van der Waals surface area contributed by atoms with Gasteiger partial charge in [-0.2, -0.15) is 0 Å². The summed E-state index contributed by atoms with van der Waals surface area (Å²) in [5.74, 6) is 0. The summed E-state index contributed by atoms with van der Waals surface area (Å²) >= 11 is 3.39. The van der Waals surface area contributed by atoms with Crippen molar-refractivity contribution >= 4 is 26.2 Å². The van der Waals surface area contributed by atoms with Crippen LogP contribution in [0.1, 0.15) is 0 Å². The van der Waals surface area contributed by atoms with E-state index in [0.717, 1.165) is 8.85 Å². The van der Waals surface area contributed by atoms with Gasteiger partial charge in [-0.25, -0.2) is 0 Å². The molecule has 0 spiro atoms.